The van der Waals surface area contributed by atoms with E-state index in [-0.39, 0.29) is 5.75 Å². The molecule has 5 nitrogen and oxygen atoms in total. The van der Waals surface area contributed by atoms with Crippen LogP contribution in [0.3, 0.4) is 0 Å². The molecule has 0 bridgehead atoms. The Labute approximate surface area is 68.0 Å². The molecule has 0 heterocycles. The van der Waals surface area contributed by atoms with Crippen molar-refractivity contribution in [3.05, 3.63) is 0 Å². The van der Waals surface area contributed by atoms with Crippen LogP contribution in [0.5, 0.6) is 0 Å². The van der Waals surface area contributed by atoms with E-state index in [9.17, 15) is 14.7 Å². The highest BCUT2D eigenvalue weighted by molar-refractivity contribution is 7.93. The summed E-state index contributed by atoms with van der Waals surface area (Å²) in [5.74, 6) is -1.97. The number of carbonyl (C=O) groups excluding carboxylic acids is 2. The smallest absolute Gasteiger partial charge is 0.217 e. The van der Waals surface area contributed by atoms with E-state index in [1.54, 1.807) is 0 Å². The van der Waals surface area contributed by atoms with Crippen molar-refractivity contribution < 1.29 is 19.2 Å². The van der Waals surface area contributed by atoms with Crippen LogP contribution in [0.4, 0.5) is 0 Å². The van der Waals surface area contributed by atoms with Gasteiger partial charge >= 0.3 is 0 Å². The lowest BCUT2D eigenvalue weighted by Crippen LogP contribution is -2.48. The van der Waals surface area contributed by atoms with E-state index in [1.165, 1.54) is 6.92 Å². The molecule has 0 aliphatic heterocycles. The summed E-state index contributed by atoms with van der Waals surface area (Å²) in [5, 5.41) is 12.3. The van der Waals surface area contributed by atoms with Gasteiger partial charge in [-0.3, -0.25) is 4.79 Å². The maximum absolute atomic E-state index is 10.3. The molecule has 0 aromatic heterocycles. The zero-order chi connectivity index (χ0) is 8.85. The van der Waals surface area contributed by atoms with Crippen LogP contribution in [0.15, 0.2) is 0 Å². The van der Waals surface area contributed by atoms with Crippen LogP contribution < -0.4 is 10.4 Å². The lowest BCUT2D eigenvalue weighted by atomic mass is 10.3. The van der Waals surface area contributed by atoms with E-state index >= 15 is 0 Å². The van der Waals surface area contributed by atoms with Crippen LogP contribution in [-0.2, 0) is 9.59 Å². The molecule has 0 rings (SSSR count). The highest BCUT2D eigenvalue weighted by Gasteiger charge is 2.09. The molecule has 0 saturated carbocycles. The van der Waals surface area contributed by atoms with Gasteiger partial charge in [-0.05, 0) is 12.0 Å². The fourth-order valence-electron chi connectivity index (χ4n) is 0.489. The normalized spacial score (nSPS) is 12.2. The van der Waals surface area contributed by atoms with Crippen molar-refractivity contribution in [2.75, 3.05) is 5.75 Å². The highest BCUT2D eigenvalue weighted by atomic mass is 32.2. The SMILES string of the molecule is CC(=O)N[C@@H](CSO)C(=O)[O-]. The first-order valence-corrected chi connectivity index (χ1v) is 3.76. The van der Waals surface area contributed by atoms with Crippen LogP contribution >= 0.6 is 12.0 Å². The molecule has 1 atom stereocenters. The Bertz CT molecular complexity index is 161. The van der Waals surface area contributed by atoms with Gasteiger partial charge in [0.25, 0.3) is 0 Å². The van der Waals surface area contributed by atoms with Crippen LogP contribution in [-0.4, -0.2) is 28.2 Å². The Kier molecular flexibility index (Phi) is 4.64. The first-order chi connectivity index (χ1) is 5.07. The predicted octanol–water partition coefficient (Wildman–Crippen LogP) is -1.55. The Morgan fingerprint density at radius 2 is 2.27 bits per heavy atom. The molecule has 2 N–H and O–H groups in total. The molecule has 0 fully saturated rings. The number of carboxylic acid groups (broad SMARTS) is 1. The van der Waals surface area contributed by atoms with E-state index in [2.05, 4.69) is 5.32 Å². The van der Waals surface area contributed by atoms with Gasteiger partial charge in [0, 0.05) is 12.7 Å². The Morgan fingerprint density at radius 1 is 1.73 bits per heavy atom. The molecule has 11 heavy (non-hydrogen) atoms. The molecule has 0 aliphatic rings. The third kappa shape index (κ3) is 4.63. The summed E-state index contributed by atoms with van der Waals surface area (Å²) in [4.78, 5) is 20.5. The van der Waals surface area contributed by atoms with E-state index < -0.39 is 17.9 Å². The monoisotopic (exact) mass is 178 g/mol. The first-order valence-electron chi connectivity index (χ1n) is 2.82. The molecule has 0 unspecified atom stereocenters. The zero-order valence-electron chi connectivity index (χ0n) is 5.86. The van der Waals surface area contributed by atoms with Gasteiger partial charge < -0.3 is 19.8 Å². The second-order valence-electron chi connectivity index (χ2n) is 1.87. The summed E-state index contributed by atoms with van der Waals surface area (Å²) in [5.41, 5.74) is 0. The lowest BCUT2D eigenvalue weighted by molar-refractivity contribution is -0.307. The molecule has 0 saturated heterocycles. The van der Waals surface area contributed by atoms with Crippen molar-refractivity contribution in [3.63, 3.8) is 0 Å². The van der Waals surface area contributed by atoms with E-state index in [0.717, 1.165) is 0 Å². The van der Waals surface area contributed by atoms with Crippen molar-refractivity contribution in [2.24, 2.45) is 0 Å². The van der Waals surface area contributed by atoms with Crippen molar-refractivity contribution >= 4 is 23.9 Å². The number of aliphatic carboxylic acids is 1. The van der Waals surface area contributed by atoms with Crippen molar-refractivity contribution in [2.45, 2.75) is 13.0 Å². The highest BCUT2D eigenvalue weighted by Crippen LogP contribution is 1.95. The van der Waals surface area contributed by atoms with Gasteiger partial charge in [0.2, 0.25) is 5.91 Å². The minimum atomic E-state index is -1.40. The third-order valence-corrected chi connectivity index (χ3v) is 1.39. The van der Waals surface area contributed by atoms with Crippen LogP contribution in [0.1, 0.15) is 6.92 Å². The summed E-state index contributed by atoms with van der Waals surface area (Å²) in [6.07, 6.45) is 0. The van der Waals surface area contributed by atoms with Crippen molar-refractivity contribution in [1.82, 2.24) is 5.32 Å². The van der Waals surface area contributed by atoms with Crippen molar-refractivity contribution in [1.29, 1.82) is 0 Å². The van der Waals surface area contributed by atoms with E-state index in [4.69, 9.17) is 4.55 Å². The van der Waals surface area contributed by atoms with Gasteiger partial charge in [-0.25, -0.2) is 0 Å². The topological polar surface area (TPSA) is 89.5 Å². The van der Waals surface area contributed by atoms with Crippen LogP contribution in [0.25, 0.3) is 0 Å². The molecule has 0 radical (unpaired) electrons. The Morgan fingerprint density at radius 3 is 2.55 bits per heavy atom. The summed E-state index contributed by atoms with van der Waals surface area (Å²) >= 11 is 0.344. The minimum Gasteiger partial charge on any atom is -0.548 e. The second-order valence-corrected chi connectivity index (χ2v) is 2.46. The molecule has 0 aromatic rings. The first kappa shape index (κ1) is 10.2. The number of rotatable bonds is 4. The van der Waals surface area contributed by atoms with Gasteiger partial charge in [0.1, 0.15) is 0 Å². The summed E-state index contributed by atoms with van der Waals surface area (Å²) in [6.45, 7) is 1.19. The van der Waals surface area contributed by atoms with Crippen molar-refractivity contribution in [3.8, 4) is 0 Å². The molecule has 0 aliphatic carbocycles. The zero-order valence-corrected chi connectivity index (χ0v) is 6.68. The number of carboxylic acids is 1. The fourth-order valence-corrected chi connectivity index (χ4v) is 0.857. The fraction of sp³-hybridized carbons (Fsp3) is 0.600. The molecule has 1 amide bonds. The van der Waals surface area contributed by atoms with Gasteiger partial charge in [0.15, 0.2) is 0 Å². The third-order valence-electron chi connectivity index (χ3n) is 0.903. The molecule has 0 aromatic carbocycles. The quantitative estimate of drug-likeness (QED) is 0.508. The predicted molar refractivity (Wildman–Crippen MR) is 37.7 cm³/mol. The summed E-state index contributed by atoms with van der Waals surface area (Å²) in [6, 6.07) is -1.12. The number of nitrogens with one attached hydrogen (secondary N) is 1. The number of hydrogen-bond acceptors (Lipinski definition) is 5. The maximum atomic E-state index is 10.3. The van der Waals surface area contributed by atoms with E-state index in [1.807, 2.05) is 0 Å². The second kappa shape index (κ2) is 4.97. The standard InChI is InChI=1S/C5H9NO4S/c1-3(7)6-4(2-11-10)5(8)9/h4,10H,2H2,1H3,(H,6,7)(H,8,9)/p-1/t4-/m0/s1. The average molecular weight is 178 g/mol. The molecular weight excluding hydrogens is 170 g/mol. The average Bonchev–Trinajstić information content (AvgIpc) is 1.86. The van der Waals surface area contributed by atoms with Crippen LogP contribution in [0.2, 0.25) is 0 Å². The van der Waals surface area contributed by atoms with Gasteiger partial charge in [-0.15, -0.1) is 0 Å². The molecule has 0 spiro atoms. The number of carbonyl (C=O) groups is 2. The molecule has 6 heteroatoms. The molecular formula is C5H8NO4S-. The van der Waals surface area contributed by atoms with Gasteiger partial charge in [-0.1, -0.05) is 0 Å². The Balaban J connectivity index is 3.89. The minimum absolute atomic E-state index is 0.109. The summed E-state index contributed by atoms with van der Waals surface area (Å²) < 4.78 is 8.27. The van der Waals surface area contributed by atoms with Gasteiger partial charge in [0.05, 0.1) is 12.0 Å². The largest absolute Gasteiger partial charge is 0.548 e. The number of hydrogen-bond donors (Lipinski definition) is 2. The summed E-state index contributed by atoms with van der Waals surface area (Å²) in [7, 11) is 0. The lowest BCUT2D eigenvalue weighted by Gasteiger charge is -2.16. The number of amides is 1. The molecule has 64 valence electrons. The van der Waals surface area contributed by atoms with Crippen LogP contribution in [0, 0.1) is 0 Å². The Hall–Kier alpha value is -0.750. The van der Waals surface area contributed by atoms with Gasteiger partial charge in [-0.2, -0.15) is 0 Å². The van der Waals surface area contributed by atoms with E-state index in [0.29, 0.717) is 12.0 Å². The maximum Gasteiger partial charge on any atom is 0.217 e.